The van der Waals surface area contributed by atoms with Crippen molar-refractivity contribution in [2.45, 2.75) is 38.2 Å². The van der Waals surface area contributed by atoms with E-state index in [2.05, 4.69) is 5.32 Å². The molecule has 2 aromatic carbocycles. The number of benzene rings is 2. The lowest BCUT2D eigenvalue weighted by Crippen LogP contribution is -2.40. The molecule has 1 heterocycles. The molecule has 8 nitrogen and oxygen atoms in total. The molecule has 0 radical (unpaired) electrons. The fourth-order valence-electron chi connectivity index (χ4n) is 3.41. The van der Waals surface area contributed by atoms with E-state index in [1.807, 2.05) is 39.0 Å². The van der Waals surface area contributed by atoms with E-state index in [0.717, 1.165) is 11.1 Å². The van der Waals surface area contributed by atoms with Gasteiger partial charge < -0.3 is 19.5 Å². The number of sulfonamides is 1. The Morgan fingerprint density at radius 3 is 2.48 bits per heavy atom. The third-order valence-corrected chi connectivity index (χ3v) is 7.29. The summed E-state index contributed by atoms with van der Waals surface area (Å²) in [6, 6.07) is 12.2. The molecule has 0 spiro atoms. The first-order valence-corrected chi connectivity index (χ1v) is 12.6. The highest BCUT2D eigenvalue weighted by Gasteiger charge is 2.26. The maximum atomic E-state index is 12.7. The van der Waals surface area contributed by atoms with Gasteiger partial charge in [0.2, 0.25) is 10.0 Å². The Kier molecular flexibility index (Phi) is 8.71. The number of hydrogen-bond acceptors (Lipinski definition) is 6. The third-order valence-electron chi connectivity index (χ3n) is 5.38. The van der Waals surface area contributed by atoms with Gasteiger partial charge in [0.25, 0.3) is 5.91 Å². The van der Waals surface area contributed by atoms with Crippen LogP contribution in [0, 0.1) is 13.8 Å². The molecule has 1 fully saturated rings. The Bertz CT molecular complexity index is 1030. The van der Waals surface area contributed by atoms with E-state index >= 15 is 0 Å². The van der Waals surface area contributed by atoms with Gasteiger partial charge in [-0.3, -0.25) is 4.79 Å². The Hall–Kier alpha value is -2.62. The summed E-state index contributed by atoms with van der Waals surface area (Å²) in [4.78, 5) is 12.7. The lowest BCUT2D eigenvalue weighted by Gasteiger charge is -2.26. The van der Waals surface area contributed by atoms with Crippen molar-refractivity contribution in [1.29, 1.82) is 0 Å². The minimum Gasteiger partial charge on any atom is -0.492 e. The lowest BCUT2D eigenvalue weighted by atomic mass is 10.1. The van der Waals surface area contributed by atoms with Crippen molar-refractivity contribution in [2.24, 2.45) is 0 Å². The first-order chi connectivity index (χ1) is 15.8. The molecule has 1 N–H and O–H groups in total. The van der Waals surface area contributed by atoms with E-state index < -0.39 is 16.1 Å². The van der Waals surface area contributed by atoms with Crippen LogP contribution in [0.4, 0.5) is 0 Å². The van der Waals surface area contributed by atoms with Crippen LogP contribution >= 0.6 is 0 Å². The largest absolute Gasteiger partial charge is 0.492 e. The van der Waals surface area contributed by atoms with Gasteiger partial charge in [-0.1, -0.05) is 19.1 Å². The number of aryl methyl sites for hydroxylation is 2. The molecule has 33 heavy (non-hydrogen) atoms. The highest BCUT2D eigenvalue weighted by molar-refractivity contribution is 7.89. The number of ether oxygens (including phenoxy) is 3. The summed E-state index contributed by atoms with van der Waals surface area (Å²) in [5.41, 5.74) is 2.05. The number of rotatable bonds is 10. The van der Waals surface area contributed by atoms with Gasteiger partial charge in [-0.05, 0) is 61.7 Å². The van der Waals surface area contributed by atoms with Gasteiger partial charge in [-0.25, -0.2) is 8.42 Å². The van der Waals surface area contributed by atoms with Gasteiger partial charge in [0.1, 0.15) is 18.1 Å². The summed E-state index contributed by atoms with van der Waals surface area (Å²) < 4.78 is 43.6. The number of nitrogens with zero attached hydrogens (tertiary/aromatic N) is 1. The minimum absolute atomic E-state index is 0.200. The zero-order valence-corrected chi connectivity index (χ0v) is 20.2. The number of amides is 1. The minimum atomic E-state index is -3.53. The number of morpholine rings is 1. The zero-order valence-electron chi connectivity index (χ0n) is 19.4. The van der Waals surface area contributed by atoms with Crippen LogP contribution in [-0.2, 0) is 19.6 Å². The van der Waals surface area contributed by atoms with Crippen LogP contribution in [0.5, 0.6) is 11.5 Å². The zero-order chi connectivity index (χ0) is 23.8. The molecule has 0 saturated carbocycles. The van der Waals surface area contributed by atoms with Crippen molar-refractivity contribution >= 4 is 15.9 Å². The summed E-state index contributed by atoms with van der Waals surface area (Å²) in [6.45, 7) is 7.90. The molecule has 0 aliphatic carbocycles. The molecule has 2 aromatic rings. The molecular weight excluding hydrogens is 444 g/mol. The van der Waals surface area contributed by atoms with Gasteiger partial charge in [0.15, 0.2) is 6.10 Å². The van der Waals surface area contributed by atoms with E-state index in [0.29, 0.717) is 50.8 Å². The SMILES string of the molecule is CC[C@H](Oc1cc(C)ccc1C)C(=O)NCCOc1ccc(S(=O)(=O)N2CCOCC2)cc1. The van der Waals surface area contributed by atoms with Gasteiger partial charge >= 0.3 is 0 Å². The Balaban J connectivity index is 1.47. The van der Waals surface area contributed by atoms with Gasteiger partial charge in [0, 0.05) is 13.1 Å². The van der Waals surface area contributed by atoms with Gasteiger partial charge in [-0.2, -0.15) is 4.31 Å². The van der Waals surface area contributed by atoms with Crippen LogP contribution < -0.4 is 14.8 Å². The standard InChI is InChI=1S/C24H32N2O6S/c1-4-22(32-23-17-18(2)5-6-19(23)3)24(27)25-11-14-31-20-7-9-21(10-8-20)33(28,29)26-12-15-30-16-13-26/h5-10,17,22H,4,11-16H2,1-3H3,(H,25,27)/t22-/m0/s1. The summed E-state index contributed by atoms with van der Waals surface area (Å²) >= 11 is 0. The van der Waals surface area contributed by atoms with Crippen molar-refractivity contribution in [3.8, 4) is 11.5 Å². The van der Waals surface area contributed by atoms with Gasteiger partial charge in [-0.15, -0.1) is 0 Å². The lowest BCUT2D eigenvalue weighted by molar-refractivity contribution is -0.128. The number of carbonyl (C=O) groups excluding carboxylic acids is 1. The van der Waals surface area contributed by atoms with Crippen LogP contribution in [0.2, 0.25) is 0 Å². The second-order valence-electron chi connectivity index (χ2n) is 7.91. The third kappa shape index (κ3) is 6.69. The molecule has 1 atom stereocenters. The Labute approximate surface area is 195 Å². The van der Waals surface area contributed by atoms with Crippen LogP contribution in [0.15, 0.2) is 47.4 Å². The maximum Gasteiger partial charge on any atom is 0.261 e. The average Bonchev–Trinajstić information content (AvgIpc) is 2.83. The monoisotopic (exact) mass is 476 g/mol. The molecule has 0 unspecified atom stereocenters. The highest BCUT2D eigenvalue weighted by atomic mass is 32.2. The summed E-state index contributed by atoms with van der Waals surface area (Å²) in [5, 5.41) is 2.83. The summed E-state index contributed by atoms with van der Waals surface area (Å²) in [7, 11) is -3.53. The first-order valence-electron chi connectivity index (χ1n) is 11.1. The number of carbonyl (C=O) groups is 1. The van der Waals surface area contributed by atoms with E-state index in [9.17, 15) is 13.2 Å². The summed E-state index contributed by atoms with van der Waals surface area (Å²) in [5.74, 6) is 1.04. The summed E-state index contributed by atoms with van der Waals surface area (Å²) in [6.07, 6.45) is -0.0470. The molecule has 180 valence electrons. The Morgan fingerprint density at radius 1 is 1.12 bits per heavy atom. The molecule has 1 saturated heterocycles. The molecule has 1 aliphatic rings. The topological polar surface area (TPSA) is 94.2 Å². The molecule has 1 aliphatic heterocycles. The molecule has 0 aromatic heterocycles. The van der Waals surface area contributed by atoms with Crippen molar-refractivity contribution < 1.29 is 27.4 Å². The molecule has 3 rings (SSSR count). The van der Waals surface area contributed by atoms with E-state index in [4.69, 9.17) is 14.2 Å². The van der Waals surface area contributed by atoms with Crippen molar-refractivity contribution in [1.82, 2.24) is 9.62 Å². The second kappa shape index (κ2) is 11.5. The maximum absolute atomic E-state index is 12.7. The highest BCUT2D eigenvalue weighted by Crippen LogP contribution is 2.22. The van der Waals surface area contributed by atoms with E-state index in [1.54, 1.807) is 12.1 Å². The predicted octanol–water partition coefficient (Wildman–Crippen LogP) is 2.68. The van der Waals surface area contributed by atoms with Crippen molar-refractivity contribution in [2.75, 3.05) is 39.5 Å². The first kappa shape index (κ1) is 25.0. The normalized spacial score (nSPS) is 15.6. The van der Waals surface area contributed by atoms with Crippen LogP contribution in [-0.4, -0.2) is 64.2 Å². The van der Waals surface area contributed by atoms with Crippen molar-refractivity contribution in [3.05, 3.63) is 53.6 Å². The molecule has 9 heteroatoms. The van der Waals surface area contributed by atoms with Gasteiger partial charge in [0.05, 0.1) is 24.7 Å². The average molecular weight is 477 g/mol. The van der Waals surface area contributed by atoms with E-state index in [1.165, 1.54) is 16.4 Å². The van der Waals surface area contributed by atoms with E-state index in [-0.39, 0.29) is 17.4 Å². The second-order valence-corrected chi connectivity index (χ2v) is 9.85. The quantitative estimate of drug-likeness (QED) is 0.530. The van der Waals surface area contributed by atoms with Crippen LogP contribution in [0.1, 0.15) is 24.5 Å². The molecule has 0 bridgehead atoms. The fourth-order valence-corrected chi connectivity index (χ4v) is 4.82. The molecular formula is C24H32N2O6S. The smallest absolute Gasteiger partial charge is 0.261 e. The van der Waals surface area contributed by atoms with Crippen molar-refractivity contribution in [3.63, 3.8) is 0 Å². The predicted molar refractivity (Wildman–Crippen MR) is 125 cm³/mol. The number of nitrogens with one attached hydrogen (secondary N) is 1. The molecule has 1 amide bonds. The fraction of sp³-hybridized carbons (Fsp3) is 0.458. The van der Waals surface area contributed by atoms with Crippen LogP contribution in [0.3, 0.4) is 0 Å². The number of hydrogen-bond donors (Lipinski definition) is 1. The van der Waals surface area contributed by atoms with Crippen LogP contribution in [0.25, 0.3) is 0 Å². The Morgan fingerprint density at radius 2 is 1.82 bits per heavy atom.